The van der Waals surface area contributed by atoms with Crippen molar-refractivity contribution in [3.05, 3.63) is 35.4 Å². The zero-order valence-electron chi connectivity index (χ0n) is 35.6. The molecule has 1 saturated heterocycles. The lowest BCUT2D eigenvalue weighted by Crippen LogP contribution is -2.80. The first kappa shape index (κ1) is 40.8. The average Bonchev–Trinajstić information content (AvgIpc) is 3.32. The second-order valence-corrected chi connectivity index (χ2v) is 21.5. The Bertz CT molecular complexity index is 1750. The number of hydrogen-bond acceptors (Lipinski definition) is 6. The Morgan fingerprint density at radius 1 is 0.929 bits per heavy atom. The Kier molecular flexibility index (Phi) is 9.86. The van der Waals surface area contributed by atoms with Crippen molar-refractivity contribution < 1.29 is 34.7 Å². The van der Waals surface area contributed by atoms with E-state index in [2.05, 4.69) is 70.7 Å². The van der Waals surface area contributed by atoms with Gasteiger partial charge in [-0.25, -0.2) is 0 Å². The molecule has 8 rings (SSSR count). The van der Waals surface area contributed by atoms with Gasteiger partial charge in [0.15, 0.2) is 5.79 Å². The van der Waals surface area contributed by atoms with Crippen molar-refractivity contribution in [2.24, 2.45) is 61.1 Å². The number of hydrogen-bond donors (Lipinski definition) is 4. The number of carboxylic acid groups (broad SMARTS) is 1. The van der Waals surface area contributed by atoms with Crippen molar-refractivity contribution in [1.82, 2.24) is 0 Å². The van der Waals surface area contributed by atoms with Crippen LogP contribution < -0.4 is 0 Å². The number of carbonyl (C=O) groups is 1. The lowest BCUT2D eigenvalue weighted by molar-refractivity contribution is -0.355. The van der Waals surface area contributed by atoms with Crippen molar-refractivity contribution in [3.8, 4) is 11.8 Å². The Morgan fingerprint density at radius 2 is 1.62 bits per heavy atom. The van der Waals surface area contributed by atoms with E-state index in [1.165, 1.54) is 5.56 Å². The minimum atomic E-state index is -1.49. The van der Waals surface area contributed by atoms with Crippen molar-refractivity contribution in [2.45, 2.75) is 169 Å². The Balaban J connectivity index is 1.31. The summed E-state index contributed by atoms with van der Waals surface area (Å²) in [6.45, 7) is 14.3. The van der Waals surface area contributed by atoms with Crippen molar-refractivity contribution in [1.29, 1.82) is 0 Å². The van der Waals surface area contributed by atoms with Crippen LogP contribution in [0.4, 0.5) is 0 Å². The summed E-state index contributed by atoms with van der Waals surface area (Å²) >= 11 is 0. The number of carboxylic acids is 1. The number of aliphatic carboxylic acids is 1. The first-order valence-electron chi connectivity index (χ1n) is 22.5. The molecule has 4 bridgehead atoms. The monoisotopic (exact) mass is 773 g/mol. The fourth-order valence-corrected chi connectivity index (χ4v) is 16.7. The highest BCUT2D eigenvalue weighted by atomic mass is 16.6. The van der Waals surface area contributed by atoms with E-state index >= 15 is 0 Å². The quantitative estimate of drug-likeness (QED) is 0.186. The fraction of sp³-hybridized carbons (Fsp3) is 0.816. The van der Waals surface area contributed by atoms with E-state index in [0.717, 1.165) is 89.0 Å². The minimum Gasteiger partial charge on any atom is -0.481 e. The second kappa shape index (κ2) is 13.5. The number of aliphatic hydroxyl groups is 3. The summed E-state index contributed by atoms with van der Waals surface area (Å²) in [7, 11) is 1.72. The van der Waals surface area contributed by atoms with Gasteiger partial charge < -0.3 is 29.9 Å². The van der Waals surface area contributed by atoms with Crippen molar-refractivity contribution in [2.75, 3.05) is 20.3 Å². The van der Waals surface area contributed by atoms with Crippen molar-refractivity contribution in [3.63, 3.8) is 0 Å². The topological polar surface area (TPSA) is 116 Å². The third kappa shape index (κ3) is 4.98. The zero-order chi connectivity index (χ0) is 40.2. The van der Waals surface area contributed by atoms with Gasteiger partial charge in [0.25, 0.3) is 0 Å². The molecule has 1 aromatic carbocycles. The summed E-state index contributed by atoms with van der Waals surface area (Å²) in [6, 6.07) is 8.67. The van der Waals surface area contributed by atoms with Crippen LogP contribution in [0.25, 0.3) is 0 Å². The van der Waals surface area contributed by atoms with Gasteiger partial charge in [0.05, 0.1) is 30.8 Å². The van der Waals surface area contributed by atoms with Gasteiger partial charge in [-0.05, 0) is 141 Å². The molecule has 14 atom stereocenters. The molecular weight excluding hydrogens is 701 g/mol. The Hall–Kier alpha value is -1.95. The molecule has 310 valence electrons. The molecule has 2 spiro atoms. The number of ether oxygens (including phenoxy) is 2. The van der Waals surface area contributed by atoms with Gasteiger partial charge in [-0.15, -0.1) is 5.92 Å². The average molecular weight is 773 g/mol. The lowest BCUT2D eigenvalue weighted by Gasteiger charge is -2.81. The molecule has 1 unspecified atom stereocenters. The molecule has 1 heterocycles. The molecule has 0 radical (unpaired) electrons. The Labute approximate surface area is 337 Å². The molecule has 1 aromatic rings. The maximum absolute atomic E-state index is 13.1. The molecule has 4 N–H and O–H groups in total. The zero-order valence-corrected chi connectivity index (χ0v) is 35.6. The first-order chi connectivity index (χ1) is 26.5. The molecule has 6 aliphatic carbocycles. The van der Waals surface area contributed by atoms with Crippen LogP contribution in [-0.4, -0.2) is 64.7 Å². The maximum atomic E-state index is 13.1. The van der Waals surface area contributed by atoms with Crippen LogP contribution in [0.2, 0.25) is 0 Å². The largest absolute Gasteiger partial charge is 0.481 e. The third-order valence-electron chi connectivity index (χ3n) is 20.0. The van der Waals surface area contributed by atoms with Crippen LogP contribution in [0.3, 0.4) is 0 Å². The fourth-order valence-electron chi connectivity index (χ4n) is 16.7. The van der Waals surface area contributed by atoms with Crippen molar-refractivity contribution >= 4 is 5.97 Å². The van der Waals surface area contributed by atoms with E-state index in [4.69, 9.17) is 9.47 Å². The number of rotatable bonds is 9. The van der Waals surface area contributed by atoms with Gasteiger partial charge in [-0.2, -0.15) is 0 Å². The summed E-state index contributed by atoms with van der Waals surface area (Å²) in [5.41, 5.74) is -1.54. The molecule has 7 nitrogen and oxygen atoms in total. The van der Waals surface area contributed by atoms with E-state index < -0.39 is 51.0 Å². The van der Waals surface area contributed by atoms with E-state index in [1.807, 2.05) is 6.92 Å². The number of fused-ring (bicyclic) bond motifs is 3. The van der Waals surface area contributed by atoms with Gasteiger partial charge >= 0.3 is 5.97 Å². The SMILES string of the molecule is CCC[C@H]1CC#C[C@]23CC[C@@]45[C@H](Cc6ccc(CCOC)cc6)O[C@@](O)(C[C@H](O)[C@@]4(CO)[C@@]2(C)CC[C@@]2(CC1)C1C[C@](C)(C(=O)O)CC[C@@]1(C)CC[C@@]23C)[C@@H]5C. The normalized spacial score (nSPS) is 50.4. The van der Waals surface area contributed by atoms with E-state index in [9.17, 15) is 25.2 Å². The van der Waals surface area contributed by atoms with E-state index in [0.29, 0.717) is 31.8 Å². The maximum Gasteiger partial charge on any atom is 0.309 e. The molecule has 0 amide bonds. The van der Waals surface area contributed by atoms with Gasteiger partial charge in [-0.3, -0.25) is 4.79 Å². The Morgan fingerprint density at radius 3 is 2.30 bits per heavy atom. The number of methoxy groups -OCH3 is 1. The van der Waals surface area contributed by atoms with Gasteiger partial charge in [0.1, 0.15) is 0 Å². The lowest BCUT2D eigenvalue weighted by atomic mass is 9.21. The van der Waals surface area contributed by atoms with Gasteiger partial charge in [0, 0.05) is 42.1 Å². The molecule has 1 aliphatic heterocycles. The summed E-state index contributed by atoms with van der Waals surface area (Å²) in [5, 5.41) is 48.4. The van der Waals surface area contributed by atoms with Crippen LogP contribution >= 0.6 is 0 Å². The van der Waals surface area contributed by atoms with Crippen LogP contribution in [0.5, 0.6) is 0 Å². The standard InChI is InChI=1S/C49H72O7/c1-8-10-34-11-9-18-46-26-27-47-33(2)49(54,56-39(47)29-36-14-12-35(13-15-36)17-28-55-7)31-38(51)48(47,32-50)44(46,6)24-25-45(19-16-34)37-30-42(4,40(52)53)21-20-41(37,3)22-23-43(45,46)5/h12-15,33-34,37-39,50-51,54H,8,10-11,16-17,19-32H2,1-7H3,(H,52,53)/t33-,34+,37?,38+,39+,41+,42-,43+,44+,45+,46-,47-,48+,49+/m1/s1. The summed E-state index contributed by atoms with van der Waals surface area (Å²) in [4.78, 5) is 13.1. The summed E-state index contributed by atoms with van der Waals surface area (Å²) < 4.78 is 12.2. The second-order valence-electron chi connectivity index (χ2n) is 21.5. The summed E-state index contributed by atoms with van der Waals surface area (Å²) in [6.07, 6.45) is 13.1. The number of aliphatic hydroxyl groups excluding tert-OH is 2. The minimum absolute atomic E-state index is 0.0640. The number of benzene rings is 1. The predicted molar refractivity (Wildman–Crippen MR) is 217 cm³/mol. The van der Waals surface area contributed by atoms with Crippen LogP contribution in [0.15, 0.2) is 24.3 Å². The molecule has 7 aliphatic rings. The van der Waals surface area contributed by atoms with Crippen LogP contribution in [-0.2, 0) is 27.1 Å². The van der Waals surface area contributed by atoms with Gasteiger partial charge in [0.2, 0.25) is 0 Å². The molecular formula is C49H72O7. The molecule has 0 aromatic heterocycles. The predicted octanol–water partition coefficient (Wildman–Crippen LogP) is 8.74. The summed E-state index contributed by atoms with van der Waals surface area (Å²) in [5.74, 6) is 6.40. The van der Waals surface area contributed by atoms with E-state index in [-0.39, 0.29) is 41.1 Å². The highest BCUT2D eigenvalue weighted by Crippen LogP contribution is 2.87. The molecule has 7 heteroatoms. The van der Waals surface area contributed by atoms with Crippen LogP contribution in [0.1, 0.15) is 149 Å². The smallest absolute Gasteiger partial charge is 0.309 e. The van der Waals surface area contributed by atoms with Crippen LogP contribution in [0, 0.1) is 72.9 Å². The highest BCUT2D eigenvalue weighted by Gasteiger charge is 2.87. The molecule has 56 heavy (non-hydrogen) atoms. The highest BCUT2D eigenvalue weighted by molar-refractivity contribution is 5.74. The molecule has 5 saturated carbocycles. The molecule has 6 fully saturated rings. The van der Waals surface area contributed by atoms with Gasteiger partial charge in [-0.1, -0.05) is 71.2 Å². The first-order valence-corrected chi connectivity index (χ1v) is 22.5. The van der Waals surface area contributed by atoms with E-state index in [1.54, 1.807) is 7.11 Å². The third-order valence-corrected chi connectivity index (χ3v) is 20.0.